The van der Waals surface area contributed by atoms with Crippen LogP contribution in [0.4, 0.5) is 0 Å². The number of aromatic nitrogens is 2. The average Bonchev–Trinajstić information content (AvgIpc) is 3.00. The molecule has 0 aliphatic heterocycles. The van der Waals surface area contributed by atoms with Crippen molar-refractivity contribution in [1.29, 1.82) is 0 Å². The van der Waals surface area contributed by atoms with Crippen LogP contribution in [0.3, 0.4) is 0 Å². The number of nitrogens with one attached hydrogen (secondary N) is 2. The topological polar surface area (TPSA) is 53.7 Å². The highest BCUT2D eigenvalue weighted by molar-refractivity contribution is 5.79. The van der Waals surface area contributed by atoms with Crippen LogP contribution >= 0.6 is 0 Å². The van der Waals surface area contributed by atoms with Crippen LogP contribution in [0.25, 0.3) is 5.65 Å². The molecule has 132 valence electrons. The Kier molecular flexibility index (Phi) is 7.59. The molecule has 5 nitrogen and oxygen atoms in total. The molecule has 0 amide bonds. The van der Waals surface area contributed by atoms with Crippen LogP contribution in [0.15, 0.2) is 35.6 Å². The molecule has 2 heterocycles. The van der Waals surface area contributed by atoms with Crippen LogP contribution in [-0.2, 0) is 6.42 Å². The summed E-state index contributed by atoms with van der Waals surface area (Å²) in [7, 11) is 1.82. The molecule has 0 spiro atoms. The number of guanidine groups is 1. The first-order chi connectivity index (χ1) is 11.7. The van der Waals surface area contributed by atoms with Gasteiger partial charge in [0.1, 0.15) is 5.65 Å². The summed E-state index contributed by atoms with van der Waals surface area (Å²) in [6.07, 6.45) is 11.4. The van der Waals surface area contributed by atoms with Gasteiger partial charge in [-0.2, -0.15) is 0 Å². The number of pyridine rings is 1. The Hall–Kier alpha value is -2.04. The summed E-state index contributed by atoms with van der Waals surface area (Å²) in [4.78, 5) is 8.93. The van der Waals surface area contributed by atoms with E-state index in [9.17, 15) is 0 Å². The van der Waals surface area contributed by atoms with E-state index in [1.807, 2.05) is 31.4 Å². The van der Waals surface area contributed by atoms with Gasteiger partial charge in [-0.25, -0.2) is 4.98 Å². The molecular formula is C19H31N5. The van der Waals surface area contributed by atoms with Crippen molar-refractivity contribution in [2.75, 3.05) is 13.6 Å². The normalized spacial score (nSPS) is 13.2. The van der Waals surface area contributed by atoms with E-state index in [2.05, 4.69) is 45.1 Å². The van der Waals surface area contributed by atoms with Crippen molar-refractivity contribution in [1.82, 2.24) is 20.0 Å². The first-order valence-electron chi connectivity index (χ1n) is 9.12. The number of imidazole rings is 1. The monoisotopic (exact) mass is 329 g/mol. The van der Waals surface area contributed by atoms with Crippen molar-refractivity contribution >= 4 is 11.6 Å². The number of hydrogen-bond donors (Lipinski definition) is 2. The van der Waals surface area contributed by atoms with Gasteiger partial charge in [0.05, 0.1) is 5.69 Å². The predicted molar refractivity (Wildman–Crippen MR) is 102 cm³/mol. The maximum absolute atomic E-state index is 4.62. The smallest absolute Gasteiger partial charge is 0.191 e. The largest absolute Gasteiger partial charge is 0.356 e. The number of fused-ring (bicyclic) bond motifs is 1. The van der Waals surface area contributed by atoms with Gasteiger partial charge in [0, 0.05) is 38.4 Å². The third-order valence-corrected chi connectivity index (χ3v) is 4.18. The maximum Gasteiger partial charge on any atom is 0.191 e. The van der Waals surface area contributed by atoms with Gasteiger partial charge >= 0.3 is 0 Å². The molecule has 1 unspecified atom stereocenters. The lowest BCUT2D eigenvalue weighted by Crippen LogP contribution is -2.42. The fourth-order valence-corrected chi connectivity index (χ4v) is 2.79. The van der Waals surface area contributed by atoms with Gasteiger partial charge in [-0.15, -0.1) is 0 Å². The van der Waals surface area contributed by atoms with E-state index in [-0.39, 0.29) is 0 Å². The highest BCUT2D eigenvalue weighted by Crippen LogP contribution is 2.06. The molecule has 2 rings (SSSR count). The molecule has 0 aromatic carbocycles. The molecule has 2 N–H and O–H groups in total. The van der Waals surface area contributed by atoms with Crippen LogP contribution < -0.4 is 10.6 Å². The highest BCUT2D eigenvalue weighted by Gasteiger charge is 2.06. The molecule has 2 aromatic heterocycles. The lowest BCUT2D eigenvalue weighted by molar-refractivity contribution is 0.537. The van der Waals surface area contributed by atoms with E-state index in [0.29, 0.717) is 6.04 Å². The minimum Gasteiger partial charge on any atom is -0.356 e. The first kappa shape index (κ1) is 18.3. The Labute approximate surface area is 145 Å². The second kappa shape index (κ2) is 9.96. The van der Waals surface area contributed by atoms with Crippen molar-refractivity contribution in [3.05, 3.63) is 36.3 Å². The molecule has 0 fully saturated rings. The van der Waals surface area contributed by atoms with Crippen molar-refractivity contribution in [2.24, 2.45) is 4.99 Å². The number of aliphatic imine (C=N–C) groups is 1. The van der Waals surface area contributed by atoms with Gasteiger partial charge in [-0.1, -0.05) is 38.7 Å². The van der Waals surface area contributed by atoms with E-state index >= 15 is 0 Å². The van der Waals surface area contributed by atoms with Crippen LogP contribution in [-0.4, -0.2) is 35.0 Å². The van der Waals surface area contributed by atoms with Gasteiger partial charge in [-0.05, 0) is 25.5 Å². The first-order valence-corrected chi connectivity index (χ1v) is 9.12. The Morgan fingerprint density at radius 3 is 2.92 bits per heavy atom. The van der Waals surface area contributed by atoms with Gasteiger partial charge in [0.15, 0.2) is 5.96 Å². The maximum atomic E-state index is 4.62. The van der Waals surface area contributed by atoms with Crippen molar-refractivity contribution in [3.8, 4) is 0 Å². The van der Waals surface area contributed by atoms with Crippen molar-refractivity contribution < 1.29 is 0 Å². The van der Waals surface area contributed by atoms with E-state index in [0.717, 1.165) is 30.3 Å². The summed E-state index contributed by atoms with van der Waals surface area (Å²) in [5, 5.41) is 6.85. The fraction of sp³-hybridized carbons (Fsp3) is 0.579. The molecule has 5 heteroatoms. The molecule has 0 aliphatic rings. The second-order valence-electron chi connectivity index (χ2n) is 6.34. The van der Waals surface area contributed by atoms with E-state index in [4.69, 9.17) is 0 Å². The summed E-state index contributed by atoms with van der Waals surface area (Å²) in [6, 6.07) is 6.50. The van der Waals surface area contributed by atoms with Gasteiger partial charge in [-0.3, -0.25) is 4.99 Å². The summed E-state index contributed by atoms with van der Waals surface area (Å²) in [5.74, 6) is 0.877. The Balaban J connectivity index is 1.71. The zero-order valence-electron chi connectivity index (χ0n) is 15.3. The highest BCUT2D eigenvalue weighted by atomic mass is 15.2. The molecule has 0 aliphatic carbocycles. The molecule has 0 radical (unpaired) electrons. The molecule has 0 saturated heterocycles. The van der Waals surface area contributed by atoms with Crippen LogP contribution in [0, 0.1) is 0 Å². The standard InChI is InChI=1S/C19H31N5/c1-4-5-6-7-10-16(2)22-19(20-3)21-13-12-17-15-24-14-9-8-11-18(24)23-17/h8-9,11,14-16H,4-7,10,12-13H2,1-3H3,(H2,20,21,22). The summed E-state index contributed by atoms with van der Waals surface area (Å²) in [6.45, 7) is 5.30. The lowest BCUT2D eigenvalue weighted by atomic mass is 10.1. The number of nitrogens with zero attached hydrogens (tertiary/aromatic N) is 3. The SMILES string of the molecule is CCCCCCC(C)NC(=NC)NCCc1cn2ccccc2n1. The Morgan fingerprint density at radius 2 is 2.17 bits per heavy atom. The van der Waals surface area contributed by atoms with Crippen LogP contribution in [0.5, 0.6) is 0 Å². The number of rotatable bonds is 9. The van der Waals surface area contributed by atoms with Gasteiger partial charge in [0.2, 0.25) is 0 Å². The quantitative estimate of drug-likeness (QED) is 0.421. The van der Waals surface area contributed by atoms with Gasteiger partial charge in [0.25, 0.3) is 0 Å². The van der Waals surface area contributed by atoms with Crippen molar-refractivity contribution in [2.45, 2.75) is 58.4 Å². The minimum absolute atomic E-state index is 0.447. The Bertz CT molecular complexity index is 598. The third kappa shape index (κ3) is 5.87. The molecular weight excluding hydrogens is 298 g/mol. The van der Waals surface area contributed by atoms with E-state index in [1.54, 1.807) is 0 Å². The van der Waals surface area contributed by atoms with Gasteiger partial charge < -0.3 is 15.0 Å². The fourth-order valence-electron chi connectivity index (χ4n) is 2.79. The molecule has 2 aromatic rings. The third-order valence-electron chi connectivity index (χ3n) is 4.18. The number of unbranched alkanes of at least 4 members (excludes halogenated alkanes) is 3. The molecule has 0 bridgehead atoms. The van der Waals surface area contributed by atoms with Crippen LogP contribution in [0.2, 0.25) is 0 Å². The zero-order valence-corrected chi connectivity index (χ0v) is 15.3. The molecule has 0 saturated carbocycles. The number of hydrogen-bond acceptors (Lipinski definition) is 2. The zero-order chi connectivity index (χ0) is 17.2. The minimum atomic E-state index is 0.447. The summed E-state index contributed by atoms with van der Waals surface area (Å²) < 4.78 is 2.06. The average molecular weight is 329 g/mol. The van der Waals surface area contributed by atoms with Crippen molar-refractivity contribution in [3.63, 3.8) is 0 Å². The lowest BCUT2D eigenvalue weighted by Gasteiger charge is -2.17. The predicted octanol–water partition coefficient (Wildman–Crippen LogP) is 3.40. The molecule has 24 heavy (non-hydrogen) atoms. The molecule has 1 atom stereocenters. The summed E-state index contributed by atoms with van der Waals surface area (Å²) in [5.41, 5.74) is 2.09. The van der Waals surface area contributed by atoms with E-state index < -0.39 is 0 Å². The second-order valence-corrected chi connectivity index (χ2v) is 6.34. The summed E-state index contributed by atoms with van der Waals surface area (Å²) >= 11 is 0. The Morgan fingerprint density at radius 1 is 1.29 bits per heavy atom. The van der Waals surface area contributed by atoms with E-state index in [1.165, 1.54) is 32.1 Å². The van der Waals surface area contributed by atoms with Crippen LogP contribution in [0.1, 0.15) is 51.6 Å².